The lowest BCUT2D eigenvalue weighted by atomic mass is 10.1. The SMILES string of the molecule is COc1ccccc1C(=O)Nc1ccc(N2CCCCC2)cc1C(=O)O. The van der Waals surface area contributed by atoms with Gasteiger partial charge in [-0.1, -0.05) is 12.1 Å². The van der Waals surface area contributed by atoms with Gasteiger partial charge in [0.15, 0.2) is 0 Å². The van der Waals surface area contributed by atoms with Crippen LogP contribution in [0.2, 0.25) is 0 Å². The van der Waals surface area contributed by atoms with Crippen molar-refractivity contribution in [1.29, 1.82) is 0 Å². The Balaban J connectivity index is 1.87. The summed E-state index contributed by atoms with van der Waals surface area (Å²) in [6.45, 7) is 1.85. The predicted octanol–water partition coefficient (Wildman–Crippen LogP) is 3.64. The van der Waals surface area contributed by atoms with Crippen LogP contribution in [0.5, 0.6) is 5.75 Å². The average Bonchev–Trinajstić information content (AvgIpc) is 2.68. The molecule has 0 spiro atoms. The van der Waals surface area contributed by atoms with Crippen molar-refractivity contribution >= 4 is 23.3 Å². The van der Waals surface area contributed by atoms with E-state index in [0.29, 0.717) is 11.3 Å². The summed E-state index contributed by atoms with van der Waals surface area (Å²) >= 11 is 0. The molecule has 1 amide bonds. The minimum Gasteiger partial charge on any atom is -0.496 e. The highest BCUT2D eigenvalue weighted by atomic mass is 16.5. The summed E-state index contributed by atoms with van der Waals surface area (Å²) in [6.07, 6.45) is 3.42. The number of aromatic carboxylic acids is 1. The molecule has 2 aromatic rings. The molecule has 2 N–H and O–H groups in total. The quantitative estimate of drug-likeness (QED) is 0.857. The number of benzene rings is 2. The molecule has 0 bridgehead atoms. The van der Waals surface area contributed by atoms with Gasteiger partial charge in [0.1, 0.15) is 5.75 Å². The van der Waals surface area contributed by atoms with Crippen LogP contribution in [-0.2, 0) is 0 Å². The Labute approximate surface area is 152 Å². The van der Waals surface area contributed by atoms with E-state index in [2.05, 4.69) is 10.2 Å². The van der Waals surface area contributed by atoms with Gasteiger partial charge in [0.05, 0.1) is 23.9 Å². The number of anilines is 2. The smallest absolute Gasteiger partial charge is 0.337 e. The first-order chi connectivity index (χ1) is 12.6. The molecule has 1 aliphatic rings. The Hall–Kier alpha value is -3.02. The summed E-state index contributed by atoms with van der Waals surface area (Å²) < 4.78 is 5.20. The van der Waals surface area contributed by atoms with E-state index in [1.807, 2.05) is 6.07 Å². The maximum absolute atomic E-state index is 12.6. The molecule has 0 atom stereocenters. The minimum absolute atomic E-state index is 0.0799. The van der Waals surface area contributed by atoms with Gasteiger partial charge in [-0.15, -0.1) is 0 Å². The fraction of sp³-hybridized carbons (Fsp3) is 0.300. The molecule has 1 fully saturated rings. The van der Waals surface area contributed by atoms with Crippen LogP contribution in [0.4, 0.5) is 11.4 Å². The van der Waals surface area contributed by atoms with Crippen LogP contribution in [0, 0.1) is 0 Å². The van der Waals surface area contributed by atoms with E-state index >= 15 is 0 Å². The molecule has 1 saturated heterocycles. The van der Waals surface area contributed by atoms with E-state index in [0.717, 1.165) is 31.6 Å². The molecular weight excluding hydrogens is 332 g/mol. The lowest BCUT2D eigenvalue weighted by Crippen LogP contribution is -2.29. The third kappa shape index (κ3) is 3.79. The van der Waals surface area contributed by atoms with Crippen LogP contribution in [0.1, 0.15) is 40.0 Å². The van der Waals surface area contributed by atoms with E-state index in [-0.39, 0.29) is 11.3 Å². The molecule has 6 heteroatoms. The highest BCUT2D eigenvalue weighted by Crippen LogP contribution is 2.27. The molecule has 0 unspecified atom stereocenters. The summed E-state index contributed by atoms with van der Waals surface area (Å²) in [7, 11) is 1.49. The number of carboxylic acids is 1. The van der Waals surface area contributed by atoms with Crippen LogP contribution in [0.15, 0.2) is 42.5 Å². The zero-order valence-electron chi connectivity index (χ0n) is 14.7. The monoisotopic (exact) mass is 354 g/mol. The second kappa shape index (κ2) is 7.91. The molecule has 1 heterocycles. The highest BCUT2D eigenvalue weighted by Gasteiger charge is 2.19. The number of hydrogen-bond donors (Lipinski definition) is 2. The Kier molecular flexibility index (Phi) is 5.41. The van der Waals surface area contributed by atoms with Crippen LogP contribution in [0.3, 0.4) is 0 Å². The molecule has 0 saturated carbocycles. The van der Waals surface area contributed by atoms with Crippen LogP contribution < -0.4 is 15.0 Å². The van der Waals surface area contributed by atoms with Gasteiger partial charge in [-0.2, -0.15) is 0 Å². The molecule has 0 aliphatic carbocycles. The molecular formula is C20H22N2O4. The summed E-state index contributed by atoms with van der Waals surface area (Å²) in [5.74, 6) is -1.04. The maximum Gasteiger partial charge on any atom is 0.337 e. The van der Waals surface area contributed by atoms with Crippen LogP contribution in [-0.4, -0.2) is 37.2 Å². The van der Waals surface area contributed by atoms with Crippen LogP contribution in [0.25, 0.3) is 0 Å². The third-order valence-electron chi connectivity index (χ3n) is 4.55. The standard InChI is InChI=1S/C20H22N2O4/c1-26-18-8-4-3-7-15(18)19(23)21-17-10-9-14(13-16(17)20(24)25)22-11-5-2-6-12-22/h3-4,7-10,13H,2,5-6,11-12H2,1H3,(H,21,23)(H,24,25). The normalized spacial score (nSPS) is 14.0. The van der Waals surface area contributed by atoms with Crippen molar-refractivity contribution in [2.75, 3.05) is 30.4 Å². The van der Waals surface area contributed by atoms with E-state index in [1.165, 1.54) is 13.5 Å². The van der Waals surface area contributed by atoms with Crippen molar-refractivity contribution in [3.8, 4) is 5.75 Å². The third-order valence-corrected chi connectivity index (χ3v) is 4.55. The number of nitrogens with one attached hydrogen (secondary N) is 1. The van der Waals surface area contributed by atoms with Crippen molar-refractivity contribution in [3.05, 3.63) is 53.6 Å². The molecule has 6 nitrogen and oxygen atoms in total. The molecule has 1 aliphatic heterocycles. The topological polar surface area (TPSA) is 78.9 Å². The maximum atomic E-state index is 12.6. The number of nitrogens with zero attached hydrogens (tertiary/aromatic N) is 1. The number of carboxylic acid groups (broad SMARTS) is 1. The first-order valence-electron chi connectivity index (χ1n) is 8.67. The molecule has 3 rings (SSSR count). The largest absolute Gasteiger partial charge is 0.496 e. The van der Waals surface area contributed by atoms with Gasteiger partial charge >= 0.3 is 5.97 Å². The molecule has 0 radical (unpaired) electrons. The fourth-order valence-electron chi connectivity index (χ4n) is 3.19. The Morgan fingerprint density at radius 2 is 1.77 bits per heavy atom. The fourth-order valence-corrected chi connectivity index (χ4v) is 3.19. The second-order valence-electron chi connectivity index (χ2n) is 6.24. The summed E-state index contributed by atoms with van der Waals surface area (Å²) in [4.78, 5) is 26.4. The van der Waals surface area contributed by atoms with Crippen molar-refractivity contribution in [2.45, 2.75) is 19.3 Å². The highest BCUT2D eigenvalue weighted by molar-refractivity contribution is 6.09. The summed E-state index contributed by atoms with van der Waals surface area (Å²) in [5, 5.41) is 12.3. The van der Waals surface area contributed by atoms with Gasteiger partial charge < -0.3 is 20.1 Å². The Morgan fingerprint density at radius 1 is 1.04 bits per heavy atom. The van der Waals surface area contributed by atoms with Gasteiger partial charge in [-0.3, -0.25) is 4.79 Å². The van der Waals surface area contributed by atoms with Crippen molar-refractivity contribution < 1.29 is 19.4 Å². The number of amides is 1. The predicted molar refractivity (Wildman–Crippen MR) is 100 cm³/mol. The molecule has 136 valence electrons. The van der Waals surface area contributed by atoms with Crippen molar-refractivity contribution in [2.24, 2.45) is 0 Å². The number of para-hydroxylation sites is 1. The van der Waals surface area contributed by atoms with E-state index < -0.39 is 11.9 Å². The number of piperidine rings is 1. The number of rotatable bonds is 5. The number of ether oxygens (including phenoxy) is 1. The number of carbonyl (C=O) groups is 2. The van der Waals surface area contributed by atoms with Gasteiger partial charge in [0.2, 0.25) is 0 Å². The number of hydrogen-bond acceptors (Lipinski definition) is 4. The van der Waals surface area contributed by atoms with Crippen molar-refractivity contribution in [3.63, 3.8) is 0 Å². The first-order valence-corrected chi connectivity index (χ1v) is 8.67. The Bertz CT molecular complexity index is 813. The average molecular weight is 354 g/mol. The van der Waals surface area contributed by atoms with E-state index in [9.17, 15) is 14.7 Å². The zero-order chi connectivity index (χ0) is 18.5. The lowest BCUT2D eigenvalue weighted by Gasteiger charge is -2.29. The van der Waals surface area contributed by atoms with Gasteiger partial charge in [-0.05, 0) is 49.6 Å². The summed E-state index contributed by atoms with van der Waals surface area (Å²) in [5.41, 5.74) is 1.58. The van der Waals surface area contributed by atoms with E-state index in [1.54, 1.807) is 36.4 Å². The molecule has 2 aromatic carbocycles. The number of methoxy groups -OCH3 is 1. The number of carbonyl (C=O) groups excluding carboxylic acids is 1. The summed E-state index contributed by atoms with van der Waals surface area (Å²) in [6, 6.07) is 12.0. The zero-order valence-corrected chi connectivity index (χ0v) is 14.7. The molecule has 0 aromatic heterocycles. The van der Waals surface area contributed by atoms with Crippen LogP contribution >= 0.6 is 0 Å². The minimum atomic E-state index is -1.07. The Morgan fingerprint density at radius 3 is 2.46 bits per heavy atom. The van der Waals surface area contributed by atoms with Crippen molar-refractivity contribution in [1.82, 2.24) is 0 Å². The van der Waals surface area contributed by atoms with Gasteiger partial charge in [0.25, 0.3) is 5.91 Å². The lowest BCUT2D eigenvalue weighted by molar-refractivity contribution is 0.0698. The molecule has 26 heavy (non-hydrogen) atoms. The van der Waals surface area contributed by atoms with Gasteiger partial charge in [-0.25, -0.2) is 4.79 Å². The second-order valence-corrected chi connectivity index (χ2v) is 6.24. The first kappa shape index (κ1) is 17.8. The van der Waals surface area contributed by atoms with E-state index in [4.69, 9.17) is 4.74 Å². The van der Waals surface area contributed by atoms with Gasteiger partial charge in [0, 0.05) is 18.8 Å².